The highest BCUT2D eigenvalue weighted by Crippen LogP contribution is 2.13. The topological polar surface area (TPSA) is 127 Å². The quantitative estimate of drug-likeness (QED) is 0.482. The Kier molecular flexibility index (Phi) is 9.89. The van der Waals surface area contributed by atoms with E-state index < -0.39 is 30.1 Å². The highest BCUT2D eigenvalue weighted by molar-refractivity contribution is 5.76. The molecule has 0 rings (SSSR count). The number of alkyl halides is 3. The second kappa shape index (κ2) is 9.78. The summed E-state index contributed by atoms with van der Waals surface area (Å²) in [5, 5.41) is 15.4. The average Bonchev–Trinajstić information content (AvgIpc) is 2.32. The largest absolute Gasteiger partial charge is 0.490 e. The number of carboxylic acid groups (broad SMARTS) is 2. The van der Waals surface area contributed by atoms with Crippen molar-refractivity contribution in [2.24, 2.45) is 5.73 Å². The minimum Gasteiger partial charge on any atom is -0.481 e. The standard InChI is InChI=1S/C8H13NO4.C2HF3O2/c1-2-5-13-8(12)6(9)3-4-7(10)11;3-2(4,5)1(6)7/h2,6H,1,3-5,9H2,(H,10,11);(H,6,7)/t6-;/m0./s1. The van der Waals surface area contributed by atoms with E-state index in [1.165, 1.54) is 6.08 Å². The minimum atomic E-state index is -5.08. The highest BCUT2D eigenvalue weighted by Gasteiger charge is 2.38. The van der Waals surface area contributed by atoms with Crippen molar-refractivity contribution in [2.45, 2.75) is 25.1 Å². The number of halogens is 3. The number of hydrogen-bond acceptors (Lipinski definition) is 5. The van der Waals surface area contributed by atoms with Crippen LogP contribution in [0.25, 0.3) is 0 Å². The molecule has 1 atom stereocenters. The van der Waals surface area contributed by atoms with Crippen LogP contribution >= 0.6 is 0 Å². The van der Waals surface area contributed by atoms with Gasteiger partial charge in [0.25, 0.3) is 0 Å². The molecule has 0 radical (unpaired) electrons. The number of carbonyl (C=O) groups excluding carboxylic acids is 1. The van der Waals surface area contributed by atoms with Gasteiger partial charge in [-0.2, -0.15) is 13.2 Å². The molecule has 20 heavy (non-hydrogen) atoms. The van der Waals surface area contributed by atoms with Gasteiger partial charge in [0.15, 0.2) is 0 Å². The maximum absolute atomic E-state index is 10.9. The molecular weight excluding hydrogens is 287 g/mol. The fraction of sp³-hybridized carbons (Fsp3) is 0.500. The van der Waals surface area contributed by atoms with Gasteiger partial charge in [-0.05, 0) is 6.42 Å². The lowest BCUT2D eigenvalue weighted by molar-refractivity contribution is -0.192. The summed E-state index contributed by atoms with van der Waals surface area (Å²) in [6.07, 6.45) is -3.71. The number of carbonyl (C=O) groups is 3. The number of carboxylic acids is 2. The summed E-state index contributed by atoms with van der Waals surface area (Å²) in [4.78, 5) is 29.9. The molecule has 116 valence electrons. The molecule has 0 unspecified atom stereocenters. The number of rotatable bonds is 6. The van der Waals surface area contributed by atoms with Gasteiger partial charge in [-0.3, -0.25) is 9.59 Å². The smallest absolute Gasteiger partial charge is 0.481 e. The predicted molar refractivity (Wildman–Crippen MR) is 59.7 cm³/mol. The maximum atomic E-state index is 10.9. The molecule has 0 saturated carbocycles. The summed E-state index contributed by atoms with van der Waals surface area (Å²) >= 11 is 0. The molecule has 7 nitrogen and oxygen atoms in total. The summed E-state index contributed by atoms with van der Waals surface area (Å²) in [5.74, 6) is -4.33. The Bertz CT molecular complexity index is 355. The molecule has 4 N–H and O–H groups in total. The summed E-state index contributed by atoms with van der Waals surface area (Å²) in [6, 6.07) is -0.865. The van der Waals surface area contributed by atoms with Gasteiger partial charge in [0.05, 0.1) is 0 Å². The molecule has 0 aliphatic rings. The number of hydrogen-bond donors (Lipinski definition) is 3. The fourth-order valence-electron chi connectivity index (χ4n) is 0.645. The van der Waals surface area contributed by atoms with Crippen molar-refractivity contribution in [3.8, 4) is 0 Å². The van der Waals surface area contributed by atoms with Crippen molar-refractivity contribution in [1.82, 2.24) is 0 Å². The van der Waals surface area contributed by atoms with E-state index in [0.29, 0.717) is 0 Å². The lowest BCUT2D eigenvalue weighted by Gasteiger charge is -2.08. The second-order valence-electron chi connectivity index (χ2n) is 3.26. The van der Waals surface area contributed by atoms with Gasteiger partial charge in [-0.15, -0.1) is 0 Å². The lowest BCUT2D eigenvalue weighted by Crippen LogP contribution is -2.32. The number of ether oxygens (including phenoxy) is 1. The van der Waals surface area contributed by atoms with E-state index in [9.17, 15) is 22.8 Å². The number of nitrogens with two attached hydrogens (primary N) is 1. The Labute approximate surface area is 111 Å². The lowest BCUT2D eigenvalue weighted by atomic mass is 10.2. The molecule has 0 amide bonds. The SMILES string of the molecule is C=CCOC(=O)[C@@H](N)CCC(=O)O.O=C(O)C(F)(F)F. The van der Waals surface area contributed by atoms with Gasteiger partial charge in [0.1, 0.15) is 12.6 Å². The van der Waals surface area contributed by atoms with Crippen LogP contribution in [0, 0.1) is 0 Å². The highest BCUT2D eigenvalue weighted by atomic mass is 19.4. The Hall–Kier alpha value is -2.10. The van der Waals surface area contributed by atoms with Crippen LogP contribution < -0.4 is 5.73 Å². The van der Waals surface area contributed by atoms with E-state index in [0.717, 1.165) is 0 Å². The zero-order chi connectivity index (χ0) is 16.3. The first kappa shape index (κ1) is 20.2. The van der Waals surface area contributed by atoms with Crippen LogP contribution in [-0.2, 0) is 19.1 Å². The minimum absolute atomic E-state index is 0.0886. The van der Waals surface area contributed by atoms with Gasteiger partial charge in [0, 0.05) is 6.42 Å². The van der Waals surface area contributed by atoms with E-state index in [1.54, 1.807) is 0 Å². The van der Waals surface area contributed by atoms with Crippen molar-refractivity contribution in [1.29, 1.82) is 0 Å². The van der Waals surface area contributed by atoms with Crippen molar-refractivity contribution >= 4 is 17.9 Å². The first-order chi connectivity index (χ1) is 9.02. The van der Waals surface area contributed by atoms with Crippen molar-refractivity contribution < 1.29 is 42.5 Å². The molecular formula is C10H14F3NO6. The molecule has 0 spiro atoms. The van der Waals surface area contributed by atoms with E-state index in [2.05, 4.69) is 11.3 Å². The molecule has 0 aromatic rings. The maximum Gasteiger partial charge on any atom is 0.490 e. The van der Waals surface area contributed by atoms with Gasteiger partial charge >= 0.3 is 24.1 Å². The van der Waals surface area contributed by atoms with Crippen LogP contribution in [0.3, 0.4) is 0 Å². The average molecular weight is 301 g/mol. The van der Waals surface area contributed by atoms with Gasteiger partial charge in [-0.25, -0.2) is 4.79 Å². The van der Waals surface area contributed by atoms with Crippen LogP contribution in [0.15, 0.2) is 12.7 Å². The van der Waals surface area contributed by atoms with Crippen molar-refractivity contribution in [3.63, 3.8) is 0 Å². The summed E-state index contributed by atoms with van der Waals surface area (Å²) in [6.45, 7) is 3.45. The molecule has 0 aromatic carbocycles. The monoisotopic (exact) mass is 301 g/mol. The first-order valence-electron chi connectivity index (χ1n) is 5.07. The molecule has 0 aliphatic heterocycles. The summed E-state index contributed by atoms with van der Waals surface area (Å²) in [5.41, 5.74) is 5.33. The number of esters is 1. The predicted octanol–water partition coefficient (Wildman–Crippen LogP) is 0.541. The molecule has 0 bridgehead atoms. The van der Waals surface area contributed by atoms with E-state index in [4.69, 9.17) is 20.7 Å². The third kappa shape index (κ3) is 12.4. The molecule has 0 aromatic heterocycles. The molecule has 0 saturated heterocycles. The van der Waals surface area contributed by atoms with Crippen LogP contribution in [0.2, 0.25) is 0 Å². The molecule has 0 heterocycles. The Morgan fingerprint density at radius 3 is 2.05 bits per heavy atom. The van der Waals surface area contributed by atoms with Crippen LogP contribution in [0.1, 0.15) is 12.8 Å². The second-order valence-corrected chi connectivity index (χ2v) is 3.26. The van der Waals surface area contributed by atoms with Crippen LogP contribution in [-0.4, -0.2) is 46.9 Å². The number of aliphatic carboxylic acids is 2. The van der Waals surface area contributed by atoms with Crippen molar-refractivity contribution in [2.75, 3.05) is 6.61 Å². The first-order valence-corrected chi connectivity index (χ1v) is 5.07. The Balaban J connectivity index is 0. The van der Waals surface area contributed by atoms with Crippen LogP contribution in [0.4, 0.5) is 13.2 Å². The van der Waals surface area contributed by atoms with Crippen LogP contribution in [0.5, 0.6) is 0 Å². The summed E-state index contributed by atoms with van der Waals surface area (Å²) < 4.78 is 36.3. The van der Waals surface area contributed by atoms with Crippen molar-refractivity contribution in [3.05, 3.63) is 12.7 Å². The zero-order valence-electron chi connectivity index (χ0n) is 10.2. The third-order valence-corrected chi connectivity index (χ3v) is 1.56. The van der Waals surface area contributed by atoms with E-state index in [-0.39, 0.29) is 19.4 Å². The Morgan fingerprint density at radius 2 is 1.75 bits per heavy atom. The van der Waals surface area contributed by atoms with Gasteiger partial charge < -0.3 is 20.7 Å². The molecule has 10 heteroatoms. The third-order valence-electron chi connectivity index (χ3n) is 1.56. The normalized spacial score (nSPS) is 11.6. The van der Waals surface area contributed by atoms with E-state index in [1.807, 2.05) is 0 Å². The van der Waals surface area contributed by atoms with E-state index >= 15 is 0 Å². The fourth-order valence-corrected chi connectivity index (χ4v) is 0.645. The summed E-state index contributed by atoms with van der Waals surface area (Å²) in [7, 11) is 0. The van der Waals surface area contributed by atoms with Gasteiger partial charge in [0.2, 0.25) is 0 Å². The zero-order valence-corrected chi connectivity index (χ0v) is 10.2. The molecule has 0 fully saturated rings. The van der Waals surface area contributed by atoms with Gasteiger partial charge in [-0.1, -0.05) is 12.7 Å². The Morgan fingerprint density at radius 1 is 1.30 bits per heavy atom. The molecule has 0 aliphatic carbocycles.